The number of ether oxygens (including phenoxy) is 2. The first-order valence-corrected chi connectivity index (χ1v) is 15.0. The van der Waals surface area contributed by atoms with Crippen LogP contribution in [0.15, 0.2) is 55.0 Å². The molecule has 2 N–H and O–H groups in total. The van der Waals surface area contributed by atoms with Crippen LogP contribution in [0.2, 0.25) is 0 Å². The van der Waals surface area contributed by atoms with Gasteiger partial charge < -0.3 is 20.1 Å². The van der Waals surface area contributed by atoms with Crippen LogP contribution in [0.4, 0.5) is 30.4 Å². The zero-order valence-corrected chi connectivity index (χ0v) is 26.5. The maximum Gasteiger partial charge on any atom is 0.274 e. The van der Waals surface area contributed by atoms with Crippen LogP contribution >= 0.6 is 0 Å². The Morgan fingerprint density at radius 1 is 1.09 bits per heavy atom. The number of methoxy groups -OCH3 is 1. The number of fused-ring (bicyclic) bond motifs is 1. The van der Waals surface area contributed by atoms with Crippen molar-refractivity contribution < 1.29 is 32.2 Å². The number of likely N-dealkylation sites (tertiary alicyclic amines) is 1. The smallest absolute Gasteiger partial charge is 0.274 e. The van der Waals surface area contributed by atoms with Crippen LogP contribution in [0.25, 0.3) is 10.9 Å². The summed E-state index contributed by atoms with van der Waals surface area (Å²) in [5, 5.41) is 10.2. The first-order chi connectivity index (χ1) is 22.4. The summed E-state index contributed by atoms with van der Waals surface area (Å²) in [6.45, 7) is 7.15. The lowest BCUT2D eigenvalue weighted by Gasteiger charge is -2.33. The molecular formula is C33H36F3N7O4. The van der Waals surface area contributed by atoms with Crippen molar-refractivity contribution in [1.82, 2.24) is 24.6 Å². The van der Waals surface area contributed by atoms with Gasteiger partial charge in [0.2, 0.25) is 11.7 Å². The lowest BCUT2D eigenvalue weighted by Crippen LogP contribution is -2.48. The maximum atomic E-state index is 15.2. The third kappa shape index (κ3) is 8.85. The molecule has 2 aromatic heterocycles. The number of alkyl halides is 1. The van der Waals surface area contributed by atoms with Gasteiger partial charge in [0.05, 0.1) is 36.7 Å². The molecule has 1 amide bonds. The van der Waals surface area contributed by atoms with Crippen LogP contribution in [-0.4, -0.2) is 69.3 Å². The van der Waals surface area contributed by atoms with E-state index in [0.717, 1.165) is 12.3 Å². The summed E-state index contributed by atoms with van der Waals surface area (Å²) >= 11 is 0. The summed E-state index contributed by atoms with van der Waals surface area (Å²) in [5.41, 5.74) is 0.837. The zero-order chi connectivity index (χ0) is 33.7. The predicted molar refractivity (Wildman–Crippen MR) is 171 cm³/mol. The van der Waals surface area contributed by atoms with Crippen LogP contribution in [-0.2, 0) is 16.1 Å². The quantitative estimate of drug-likeness (QED) is 0.163. The third-order valence-electron chi connectivity index (χ3n) is 7.35. The molecule has 0 spiro atoms. The van der Waals surface area contributed by atoms with Gasteiger partial charge in [-0.3, -0.25) is 19.2 Å². The molecule has 0 radical (unpaired) electrons. The summed E-state index contributed by atoms with van der Waals surface area (Å²) in [6.07, 6.45) is 5.58. The van der Waals surface area contributed by atoms with E-state index in [-0.39, 0.29) is 40.9 Å². The Labute approximate surface area is 269 Å². The highest BCUT2D eigenvalue weighted by molar-refractivity contribution is 6.03. The monoisotopic (exact) mass is 651 g/mol. The molecule has 1 aliphatic heterocycles. The fraction of sp³-hybridized carbons (Fsp3) is 0.364. The second-order valence-electron chi connectivity index (χ2n) is 12.4. The second-order valence-corrected chi connectivity index (χ2v) is 12.4. The molecule has 2 aromatic carbocycles. The van der Waals surface area contributed by atoms with Crippen LogP contribution in [0.1, 0.15) is 33.6 Å². The number of nitrogens with zero attached hydrogens (tertiary/aromatic N) is 5. The molecule has 248 valence electrons. The highest BCUT2D eigenvalue weighted by Crippen LogP contribution is 2.34. The normalized spacial score (nSPS) is 13.9. The number of amides is 1. The van der Waals surface area contributed by atoms with Gasteiger partial charge >= 0.3 is 0 Å². The molecule has 3 heterocycles. The van der Waals surface area contributed by atoms with Crippen LogP contribution in [0.3, 0.4) is 0 Å². The molecule has 47 heavy (non-hydrogen) atoms. The highest BCUT2D eigenvalue weighted by Gasteiger charge is 2.24. The number of aromatic nitrogens is 4. The van der Waals surface area contributed by atoms with E-state index >= 15 is 4.39 Å². The fourth-order valence-electron chi connectivity index (χ4n) is 4.79. The maximum absolute atomic E-state index is 15.2. The van der Waals surface area contributed by atoms with Crippen molar-refractivity contribution >= 4 is 39.8 Å². The Hall–Kier alpha value is -4.98. The summed E-state index contributed by atoms with van der Waals surface area (Å²) in [5.74, 6) is -1.81. The number of benzene rings is 2. The molecule has 0 saturated carbocycles. The highest BCUT2D eigenvalue weighted by atomic mass is 19.1. The van der Waals surface area contributed by atoms with Crippen molar-refractivity contribution in [2.45, 2.75) is 46.3 Å². The van der Waals surface area contributed by atoms with Crippen LogP contribution in [0, 0.1) is 17.0 Å². The Balaban J connectivity index is 1.27. The van der Waals surface area contributed by atoms with E-state index in [1.54, 1.807) is 18.2 Å². The topological polar surface area (TPSA) is 123 Å². The minimum Gasteiger partial charge on any atom is -0.494 e. The minimum atomic E-state index is -0.823. The number of hydrogen-bond acceptors (Lipinski definition) is 9. The van der Waals surface area contributed by atoms with E-state index in [1.165, 1.54) is 36.3 Å². The van der Waals surface area contributed by atoms with E-state index in [4.69, 9.17) is 9.47 Å². The first-order valence-electron chi connectivity index (χ1n) is 15.0. The molecule has 14 heteroatoms. The molecule has 1 saturated heterocycles. The SMILES string of the molecule is COc1cc2ncnc(Nc3ccc(Oc4nn(CC(=O)CCC(C)(C)C)cc4F)cc3F)c2cc1NC(=O)/C=C/CN1CC(F)C1. The predicted octanol–water partition coefficient (Wildman–Crippen LogP) is 6.19. The molecule has 11 nitrogen and oxygen atoms in total. The van der Waals surface area contributed by atoms with E-state index in [9.17, 15) is 18.4 Å². The zero-order valence-electron chi connectivity index (χ0n) is 26.5. The van der Waals surface area contributed by atoms with Crippen molar-refractivity contribution in [2.24, 2.45) is 5.41 Å². The Bertz CT molecular complexity index is 1800. The lowest BCUT2D eigenvalue weighted by atomic mass is 9.89. The average Bonchev–Trinajstić information content (AvgIpc) is 3.33. The fourth-order valence-corrected chi connectivity index (χ4v) is 4.79. The molecule has 0 aliphatic carbocycles. The molecule has 0 unspecified atom stereocenters. The minimum absolute atomic E-state index is 0.00543. The third-order valence-corrected chi connectivity index (χ3v) is 7.35. The summed E-state index contributed by atoms with van der Waals surface area (Å²) < 4.78 is 54.9. The number of ketones is 1. The standard InChI is InChI=1S/C33H36F3N7O4/c1-33(2,3)10-9-21(44)17-43-18-25(36)32(41-43)47-22-7-8-26(24(35)12-22)40-31-23-13-28(29(46-4)14-27(23)37-19-38-31)39-30(45)6-5-11-42-15-20(34)16-42/h5-8,12-14,18-20H,9-11,15-17H2,1-4H3,(H,39,45)(H,37,38,40)/b6-5+. The molecule has 1 aliphatic rings. The summed E-state index contributed by atoms with van der Waals surface area (Å²) in [7, 11) is 1.45. The first kappa shape index (κ1) is 33.4. The van der Waals surface area contributed by atoms with Crippen LogP contribution in [0.5, 0.6) is 17.4 Å². The Morgan fingerprint density at radius 3 is 2.57 bits per heavy atom. The number of nitrogens with one attached hydrogen (secondary N) is 2. The van der Waals surface area contributed by atoms with Crippen molar-refractivity contribution in [3.05, 3.63) is 66.6 Å². The van der Waals surface area contributed by atoms with E-state index < -0.39 is 23.7 Å². The van der Waals surface area contributed by atoms with Gasteiger partial charge in [0, 0.05) is 49.7 Å². The molecule has 0 atom stereocenters. The number of rotatable bonds is 13. The summed E-state index contributed by atoms with van der Waals surface area (Å²) in [4.78, 5) is 35.3. The number of Topliss-reactive ketones (excluding diaryl/α,β-unsaturated/α-hetero) is 1. The lowest BCUT2D eigenvalue weighted by molar-refractivity contribution is -0.120. The van der Waals surface area contributed by atoms with Gasteiger partial charge in [0.15, 0.2) is 5.78 Å². The number of anilines is 3. The molecular weight excluding hydrogens is 615 g/mol. The van der Waals surface area contributed by atoms with Gasteiger partial charge in [0.1, 0.15) is 35.6 Å². The molecule has 5 rings (SSSR count). The largest absolute Gasteiger partial charge is 0.494 e. The van der Waals surface area contributed by atoms with E-state index in [1.807, 2.05) is 25.7 Å². The van der Waals surface area contributed by atoms with Gasteiger partial charge in [-0.15, -0.1) is 5.10 Å². The van der Waals surface area contributed by atoms with Crippen molar-refractivity contribution in [2.75, 3.05) is 37.4 Å². The van der Waals surface area contributed by atoms with Gasteiger partial charge in [-0.25, -0.2) is 18.7 Å². The van der Waals surface area contributed by atoms with Crippen molar-refractivity contribution in [1.29, 1.82) is 0 Å². The Morgan fingerprint density at radius 2 is 1.87 bits per heavy atom. The number of hydrogen-bond donors (Lipinski definition) is 2. The van der Waals surface area contributed by atoms with Gasteiger partial charge in [-0.2, -0.15) is 4.39 Å². The average molecular weight is 652 g/mol. The van der Waals surface area contributed by atoms with Gasteiger partial charge in [-0.1, -0.05) is 26.8 Å². The number of halogens is 3. The number of carbonyl (C=O) groups excluding carboxylic acids is 2. The van der Waals surface area contributed by atoms with Crippen molar-refractivity contribution in [3.63, 3.8) is 0 Å². The number of carbonyl (C=O) groups is 2. The molecule has 0 bridgehead atoms. The van der Waals surface area contributed by atoms with Gasteiger partial charge in [0.25, 0.3) is 5.88 Å². The Kier molecular flexibility index (Phi) is 10.1. The van der Waals surface area contributed by atoms with Gasteiger partial charge in [-0.05, 0) is 30.0 Å². The van der Waals surface area contributed by atoms with Crippen LogP contribution < -0.4 is 20.1 Å². The second kappa shape index (κ2) is 14.2. The van der Waals surface area contributed by atoms with E-state index in [0.29, 0.717) is 54.8 Å². The summed E-state index contributed by atoms with van der Waals surface area (Å²) in [6, 6.07) is 7.10. The van der Waals surface area contributed by atoms with Crippen molar-refractivity contribution in [3.8, 4) is 17.4 Å². The van der Waals surface area contributed by atoms with E-state index in [2.05, 4.69) is 25.7 Å². The molecule has 1 fully saturated rings. The molecule has 4 aromatic rings.